The summed E-state index contributed by atoms with van der Waals surface area (Å²) in [6, 6.07) is 9.24. The van der Waals surface area contributed by atoms with Crippen LogP contribution in [0.3, 0.4) is 0 Å². The maximum atomic E-state index is 14.0. The summed E-state index contributed by atoms with van der Waals surface area (Å²) in [7, 11) is 0. The van der Waals surface area contributed by atoms with Gasteiger partial charge in [-0.3, -0.25) is 0 Å². The summed E-state index contributed by atoms with van der Waals surface area (Å²) in [6.45, 7) is 2.85. The molecule has 0 aliphatic carbocycles. The van der Waals surface area contributed by atoms with Crippen LogP contribution in [0.4, 0.5) is 4.39 Å². The van der Waals surface area contributed by atoms with Crippen molar-refractivity contribution in [3.8, 4) is 0 Å². The normalized spacial score (nSPS) is 12.6. The SMILES string of the molecule is CCNC(Cc1cccs1)c1c(F)cccc1Br. The van der Waals surface area contributed by atoms with Crippen LogP contribution in [-0.2, 0) is 6.42 Å². The van der Waals surface area contributed by atoms with Crippen molar-refractivity contribution in [1.82, 2.24) is 5.32 Å². The molecule has 2 rings (SSSR count). The molecule has 4 heteroatoms. The highest BCUT2D eigenvalue weighted by atomic mass is 79.9. The lowest BCUT2D eigenvalue weighted by molar-refractivity contribution is 0.510. The summed E-state index contributed by atoms with van der Waals surface area (Å²) < 4.78 is 14.8. The van der Waals surface area contributed by atoms with Gasteiger partial charge in [-0.15, -0.1) is 11.3 Å². The number of benzene rings is 1. The van der Waals surface area contributed by atoms with E-state index in [1.165, 1.54) is 10.9 Å². The third-order valence-electron chi connectivity index (χ3n) is 2.78. The summed E-state index contributed by atoms with van der Waals surface area (Å²) in [4.78, 5) is 1.26. The largest absolute Gasteiger partial charge is 0.310 e. The van der Waals surface area contributed by atoms with E-state index in [9.17, 15) is 4.39 Å². The van der Waals surface area contributed by atoms with Crippen LogP contribution in [0.25, 0.3) is 0 Å². The Morgan fingerprint density at radius 3 is 2.78 bits per heavy atom. The van der Waals surface area contributed by atoms with Gasteiger partial charge in [0.1, 0.15) is 5.82 Å². The minimum Gasteiger partial charge on any atom is -0.310 e. The highest BCUT2D eigenvalue weighted by Gasteiger charge is 2.18. The summed E-state index contributed by atoms with van der Waals surface area (Å²) in [5, 5.41) is 5.41. The van der Waals surface area contributed by atoms with Crippen LogP contribution >= 0.6 is 27.3 Å². The van der Waals surface area contributed by atoms with Gasteiger partial charge in [0.15, 0.2) is 0 Å². The van der Waals surface area contributed by atoms with Crippen LogP contribution in [0.5, 0.6) is 0 Å². The fourth-order valence-electron chi connectivity index (χ4n) is 2.00. The van der Waals surface area contributed by atoms with Gasteiger partial charge in [-0.25, -0.2) is 4.39 Å². The van der Waals surface area contributed by atoms with Crippen LogP contribution in [0.15, 0.2) is 40.2 Å². The van der Waals surface area contributed by atoms with Crippen molar-refractivity contribution in [1.29, 1.82) is 0 Å². The van der Waals surface area contributed by atoms with E-state index in [1.54, 1.807) is 17.4 Å². The zero-order chi connectivity index (χ0) is 13.0. The van der Waals surface area contributed by atoms with Gasteiger partial charge in [0.05, 0.1) is 0 Å². The Kier molecular flexibility index (Phi) is 4.92. The van der Waals surface area contributed by atoms with Crippen molar-refractivity contribution >= 4 is 27.3 Å². The number of thiophene rings is 1. The van der Waals surface area contributed by atoms with Gasteiger partial charge in [-0.1, -0.05) is 35.0 Å². The Morgan fingerprint density at radius 2 is 2.17 bits per heavy atom. The molecule has 0 aliphatic heterocycles. The standard InChI is InChI=1S/C14H15BrFNS/c1-2-17-13(9-10-5-4-8-18-10)14-11(15)6-3-7-12(14)16/h3-8,13,17H,2,9H2,1H3. The van der Waals surface area contributed by atoms with E-state index < -0.39 is 0 Å². The first-order chi connectivity index (χ1) is 8.72. The lowest BCUT2D eigenvalue weighted by atomic mass is 10.0. The number of likely N-dealkylation sites (N-methyl/N-ethyl adjacent to an activating group) is 1. The van der Waals surface area contributed by atoms with Gasteiger partial charge in [0, 0.05) is 27.4 Å². The fraction of sp³-hybridized carbons (Fsp3) is 0.286. The highest BCUT2D eigenvalue weighted by Crippen LogP contribution is 2.29. The second-order valence-corrected chi connectivity index (χ2v) is 5.92. The van der Waals surface area contributed by atoms with E-state index in [2.05, 4.69) is 32.7 Å². The minimum absolute atomic E-state index is 0.00391. The average Bonchev–Trinajstić information content (AvgIpc) is 2.82. The van der Waals surface area contributed by atoms with Crippen molar-refractivity contribution in [3.63, 3.8) is 0 Å². The number of rotatable bonds is 5. The molecule has 0 saturated carbocycles. The van der Waals surface area contributed by atoms with Crippen LogP contribution in [-0.4, -0.2) is 6.54 Å². The lowest BCUT2D eigenvalue weighted by Crippen LogP contribution is -2.24. The van der Waals surface area contributed by atoms with Gasteiger partial charge in [0.2, 0.25) is 0 Å². The molecule has 0 bridgehead atoms. The van der Waals surface area contributed by atoms with E-state index in [0.717, 1.165) is 17.4 Å². The smallest absolute Gasteiger partial charge is 0.129 e. The van der Waals surface area contributed by atoms with Gasteiger partial charge >= 0.3 is 0 Å². The van der Waals surface area contributed by atoms with Gasteiger partial charge in [-0.05, 0) is 30.1 Å². The molecule has 1 heterocycles. The first kappa shape index (κ1) is 13.7. The van der Waals surface area contributed by atoms with Gasteiger partial charge in [-0.2, -0.15) is 0 Å². The molecule has 96 valence electrons. The molecule has 1 aromatic carbocycles. The molecule has 0 fully saturated rings. The predicted octanol–water partition coefficient (Wildman–Crippen LogP) is 4.54. The fourth-order valence-corrected chi connectivity index (χ4v) is 3.37. The van der Waals surface area contributed by atoms with Crippen molar-refractivity contribution in [3.05, 3.63) is 56.4 Å². The molecule has 2 aromatic rings. The Hall–Kier alpha value is -0.710. The Morgan fingerprint density at radius 1 is 1.33 bits per heavy atom. The molecule has 1 atom stereocenters. The third-order valence-corrected chi connectivity index (χ3v) is 4.37. The maximum absolute atomic E-state index is 14.0. The van der Waals surface area contributed by atoms with Crippen LogP contribution in [0.2, 0.25) is 0 Å². The zero-order valence-electron chi connectivity index (χ0n) is 10.1. The monoisotopic (exact) mass is 327 g/mol. The van der Waals surface area contributed by atoms with Gasteiger partial charge < -0.3 is 5.32 Å². The van der Waals surface area contributed by atoms with Crippen molar-refractivity contribution in [2.75, 3.05) is 6.54 Å². The van der Waals surface area contributed by atoms with E-state index in [0.29, 0.717) is 5.56 Å². The Balaban J connectivity index is 2.29. The molecule has 1 nitrogen and oxygen atoms in total. The van der Waals surface area contributed by atoms with E-state index in [1.807, 2.05) is 19.1 Å². The van der Waals surface area contributed by atoms with Crippen LogP contribution < -0.4 is 5.32 Å². The minimum atomic E-state index is -0.160. The third kappa shape index (κ3) is 3.19. The molecule has 0 amide bonds. The van der Waals surface area contributed by atoms with Crippen molar-refractivity contribution in [2.45, 2.75) is 19.4 Å². The molecule has 1 aromatic heterocycles. The zero-order valence-corrected chi connectivity index (χ0v) is 12.5. The molecule has 0 aliphatic rings. The second-order valence-electron chi connectivity index (χ2n) is 4.03. The molecule has 0 spiro atoms. The van der Waals surface area contributed by atoms with Crippen LogP contribution in [0.1, 0.15) is 23.4 Å². The molecule has 1 N–H and O–H groups in total. The quantitative estimate of drug-likeness (QED) is 0.849. The van der Waals surface area contributed by atoms with E-state index in [-0.39, 0.29) is 11.9 Å². The topological polar surface area (TPSA) is 12.0 Å². The molecule has 1 unspecified atom stereocenters. The van der Waals surface area contributed by atoms with E-state index >= 15 is 0 Å². The first-order valence-corrected chi connectivity index (χ1v) is 7.59. The predicted molar refractivity (Wildman–Crippen MR) is 78.5 cm³/mol. The Bertz CT molecular complexity index is 478. The van der Waals surface area contributed by atoms with Crippen molar-refractivity contribution in [2.24, 2.45) is 0 Å². The lowest BCUT2D eigenvalue weighted by Gasteiger charge is -2.19. The summed E-state index contributed by atoms with van der Waals surface area (Å²) in [6.07, 6.45) is 0.811. The molecule has 0 radical (unpaired) electrons. The number of nitrogens with one attached hydrogen (secondary N) is 1. The molecule has 0 saturated heterocycles. The van der Waals surface area contributed by atoms with Crippen molar-refractivity contribution < 1.29 is 4.39 Å². The van der Waals surface area contributed by atoms with Gasteiger partial charge in [0.25, 0.3) is 0 Å². The highest BCUT2D eigenvalue weighted by molar-refractivity contribution is 9.10. The summed E-state index contributed by atoms with van der Waals surface area (Å²) >= 11 is 5.15. The first-order valence-electron chi connectivity index (χ1n) is 5.92. The second kappa shape index (κ2) is 6.45. The summed E-state index contributed by atoms with van der Waals surface area (Å²) in [5.74, 6) is -0.160. The van der Waals surface area contributed by atoms with Crippen LogP contribution in [0, 0.1) is 5.82 Å². The number of hydrogen-bond donors (Lipinski definition) is 1. The summed E-state index contributed by atoms with van der Waals surface area (Å²) in [5.41, 5.74) is 0.716. The molecular formula is C14H15BrFNS. The van der Waals surface area contributed by atoms with E-state index in [4.69, 9.17) is 0 Å². The number of halogens is 2. The Labute approximate surface area is 119 Å². The molecule has 18 heavy (non-hydrogen) atoms. The molecular weight excluding hydrogens is 313 g/mol. The maximum Gasteiger partial charge on any atom is 0.129 e. The average molecular weight is 328 g/mol. The number of hydrogen-bond acceptors (Lipinski definition) is 2.